The SMILES string of the molecule is COC(=O)/C=C/CCN([C@H](CBr)c1ccccc1)S(=O)(=O)c1ccc(C)cc1. The minimum atomic E-state index is -3.73. The first kappa shape index (κ1) is 22.3. The summed E-state index contributed by atoms with van der Waals surface area (Å²) < 4.78 is 32.8. The molecule has 0 saturated heterocycles. The molecule has 0 fully saturated rings. The van der Waals surface area contributed by atoms with Gasteiger partial charge in [0.05, 0.1) is 18.0 Å². The molecule has 0 amide bonds. The monoisotopic (exact) mass is 465 g/mol. The number of carbonyl (C=O) groups excluding carboxylic acids is 1. The molecule has 0 aliphatic rings. The molecule has 1 atom stereocenters. The van der Waals surface area contributed by atoms with Crippen LogP contribution in [-0.2, 0) is 19.6 Å². The number of benzene rings is 2. The van der Waals surface area contributed by atoms with E-state index in [0.29, 0.717) is 11.8 Å². The Morgan fingerprint density at radius 3 is 2.36 bits per heavy atom. The zero-order valence-corrected chi connectivity index (χ0v) is 18.3. The van der Waals surface area contributed by atoms with Crippen LogP contribution in [0.1, 0.15) is 23.6 Å². The van der Waals surface area contributed by atoms with Crippen LogP contribution in [0.3, 0.4) is 0 Å². The zero-order valence-electron chi connectivity index (χ0n) is 15.9. The highest BCUT2D eigenvalue weighted by molar-refractivity contribution is 9.09. The van der Waals surface area contributed by atoms with Crippen LogP contribution in [-0.4, -0.2) is 37.7 Å². The van der Waals surface area contributed by atoms with Crippen LogP contribution < -0.4 is 0 Å². The van der Waals surface area contributed by atoms with Crippen molar-refractivity contribution in [3.8, 4) is 0 Å². The predicted octanol–water partition coefficient (Wildman–Crippen LogP) is 4.24. The molecular weight excluding hydrogens is 442 g/mol. The summed E-state index contributed by atoms with van der Waals surface area (Å²) in [6.07, 6.45) is 3.32. The summed E-state index contributed by atoms with van der Waals surface area (Å²) in [6.45, 7) is 2.14. The molecule has 0 saturated carbocycles. The lowest BCUT2D eigenvalue weighted by molar-refractivity contribution is -0.134. The van der Waals surface area contributed by atoms with E-state index in [4.69, 9.17) is 0 Å². The van der Waals surface area contributed by atoms with Gasteiger partial charge in [0.1, 0.15) is 0 Å². The number of alkyl halides is 1. The molecule has 28 heavy (non-hydrogen) atoms. The van der Waals surface area contributed by atoms with E-state index in [1.165, 1.54) is 17.5 Å². The summed E-state index contributed by atoms with van der Waals surface area (Å²) in [5, 5.41) is 0.447. The summed E-state index contributed by atoms with van der Waals surface area (Å²) in [7, 11) is -2.43. The maximum atomic E-state index is 13.4. The van der Waals surface area contributed by atoms with Gasteiger partial charge in [-0.2, -0.15) is 4.31 Å². The minimum Gasteiger partial charge on any atom is -0.466 e. The van der Waals surface area contributed by atoms with Crippen LogP contribution in [0.25, 0.3) is 0 Å². The molecule has 2 rings (SSSR count). The average Bonchev–Trinajstić information content (AvgIpc) is 2.71. The Morgan fingerprint density at radius 2 is 1.79 bits per heavy atom. The molecule has 5 nitrogen and oxygen atoms in total. The Kier molecular flexibility index (Phi) is 8.41. The van der Waals surface area contributed by atoms with E-state index < -0.39 is 16.0 Å². The molecule has 0 radical (unpaired) electrons. The third-order valence-corrected chi connectivity index (χ3v) is 6.81. The molecule has 0 aliphatic heterocycles. The molecule has 2 aromatic carbocycles. The lowest BCUT2D eigenvalue weighted by Gasteiger charge is -2.30. The smallest absolute Gasteiger partial charge is 0.330 e. The number of carbonyl (C=O) groups is 1. The van der Waals surface area contributed by atoms with Gasteiger partial charge in [0.15, 0.2) is 0 Å². The Morgan fingerprint density at radius 1 is 1.14 bits per heavy atom. The van der Waals surface area contributed by atoms with Gasteiger partial charge < -0.3 is 4.74 Å². The molecule has 0 N–H and O–H groups in total. The molecular formula is C21H24BrNO4S. The van der Waals surface area contributed by atoms with E-state index in [0.717, 1.165) is 11.1 Å². The van der Waals surface area contributed by atoms with Crippen LogP contribution in [0, 0.1) is 6.92 Å². The van der Waals surface area contributed by atoms with Crippen molar-refractivity contribution in [3.05, 3.63) is 77.9 Å². The van der Waals surface area contributed by atoms with E-state index in [1.54, 1.807) is 30.3 Å². The molecule has 0 aliphatic carbocycles. The topological polar surface area (TPSA) is 63.7 Å². The predicted molar refractivity (Wildman–Crippen MR) is 114 cm³/mol. The molecule has 0 unspecified atom stereocenters. The van der Waals surface area contributed by atoms with Gasteiger partial charge in [0, 0.05) is 18.0 Å². The number of hydrogen-bond donors (Lipinski definition) is 0. The average molecular weight is 466 g/mol. The number of hydrogen-bond acceptors (Lipinski definition) is 4. The van der Waals surface area contributed by atoms with E-state index >= 15 is 0 Å². The normalized spacial score (nSPS) is 13.0. The fourth-order valence-electron chi connectivity index (χ4n) is 2.75. The van der Waals surface area contributed by atoms with E-state index in [9.17, 15) is 13.2 Å². The minimum absolute atomic E-state index is 0.231. The Hall–Kier alpha value is -1.96. The number of rotatable bonds is 9. The van der Waals surface area contributed by atoms with Gasteiger partial charge in [-0.3, -0.25) is 0 Å². The van der Waals surface area contributed by atoms with Crippen molar-refractivity contribution < 1.29 is 17.9 Å². The second-order valence-electron chi connectivity index (χ2n) is 6.22. The van der Waals surface area contributed by atoms with Crippen molar-refractivity contribution in [2.75, 3.05) is 19.0 Å². The van der Waals surface area contributed by atoms with Crippen LogP contribution >= 0.6 is 15.9 Å². The number of ether oxygens (including phenoxy) is 1. The zero-order chi connectivity index (χ0) is 20.6. The fraction of sp³-hybridized carbons (Fsp3) is 0.286. The number of aryl methyl sites for hydroxylation is 1. The highest BCUT2D eigenvalue weighted by Crippen LogP contribution is 2.29. The van der Waals surface area contributed by atoms with Gasteiger partial charge in [-0.15, -0.1) is 0 Å². The molecule has 0 bridgehead atoms. The van der Waals surface area contributed by atoms with Crippen LogP contribution in [0.15, 0.2) is 71.6 Å². The van der Waals surface area contributed by atoms with Crippen molar-refractivity contribution in [1.29, 1.82) is 0 Å². The lowest BCUT2D eigenvalue weighted by atomic mass is 10.1. The Labute approximate surface area is 175 Å². The number of esters is 1. The largest absolute Gasteiger partial charge is 0.466 e. The van der Waals surface area contributed by atoms with Gasteiger partial charge in [0.25, 0.3) is 0 Å². The van der Waals surface area contributed by atoms with Crippen LogP contribution in [0.4, 0.5) is 0 Å². The first-order valence-electron chi connectivity index (χ1n) is 8.84. The number of sulfonamides is 1. The highest BCUT2D eigenvalue weighted by Gasteiger charge is 2.31. The first-order valence-corrected chi connectivity index (χ1v) is 11.4. The third kappa shape index (κ3) is 5.77. The van der Waals surface area contributed by atoms with Gasteiger partial charge in [0.2, 0.25) is 10.0 Å². The number of methoxy groups -OCH3 is 1. The van der Waals surface area contributed by atoms with Gasteiger partial charge in [-0.05, 0) is 31.0 Å². The summed E-state index contributed by atoms with van der Waals surface area (Å²) in [6, 6.07) is 15.9. The van der Waals surface area contributed by atoms with Crippen LogP contribution in [0.2, 0.25) is 0 Å². The van der Waals surface area contributed by atoms with Crippen molar-refractivity contribution in [1.82, 2.24) is 4.31 Å². The second-order valence-corrected chi connectivity index (χ2v) is 8.76. The van der Waals surface area contributed by atoms with Crippen molar-refractivity contribution in [3.63, 3.8) is 0 Å². The van der Waals surface area contributed by atoms with Crippen molar-refractivity contribution >= 4 is 31.9 Å². The summed E-state index contributed by atoms with van der Waals surface area (Å²) in [5.41, 5.74) is 1.89. The summed E-state index contributed by atoms with van der Waals surface area (Å²) >= 11 is 3.48. The number of halogens is 1. The highest BCUT2D eigenvalue weighted by atomic mass is 79.9. The van der Waals surface area contributed by atoms with Crippen molar-refractivity contribution in [2.45, 2.75) is 24.3 Å². The van der Waals surface area contributed by atoms with Gasteiger partial charge in [-0.25, -0.2) is 13.2 Å². The fourth-order valence-corrected chi connectivity index (χ4v) is 5.29. The molecule has 150 valence electrons. The maximum Gasteiger partial charge on any atom is 0.330 e. The quantitative estimate of drug-likeness (QED) is 0.315. The Balaban J connectivity index is 2.38. The molecule has 7 heteroatoms. The molecule has 0 aromatic heterocycles. The van der Waals surface area contributed by atoms with E-state index in [1.807, 2.05) is 37.3 Å². The second kappa shape index (κ2) is 10.5. The Bertz CT molecular complexity index is 896. The lowest BCUT2D eigenvalue weighted by Crippen LogP contribution is -2.36. The maximum absolute atomic E-state index is 13.4. The van der Waals surface area contributed by atoms with Crippen molar-refractivity contribution in [2.24, 2.45) is 0 Å². The first-order chi connectivity index (χ1) is 13.4. The van der Waals surface area contributed by atoms with E-state index in [2.05, 4.69) is 20.7 Å². The molecule has 2 aromatic rings. The standard InChI is InChI=1S/C21H24BrNO4S/c1-17-11-13-19(14-12-17)28(25,26)23(15-7-6-10-21(24)27-2)20(16-22)18-8-4-3-5-9-18/h3-6,8-14,20H,7,15-16H2,1-2H3/b10-6+/t20-/m1/s1. The summed E-state index contributed by atoms with van der Waals surface area (Å²) in [4.78, 5) is 11.5. The molecule has 0 spiro atoms. The van der Waals surface area contributed by atoms with Crippen LogP contribution in [0.5, 0.6) is 0 Å². The van der Waals surface area contributed by atoms with E-state index in [-0.39, 0.29) is 17.5 Å². The number of nitrogens with zero attached hydrogens (tertiary/aromatic N) is 1. The summed E-state index contributed by atoms with van der Waals surface area (Å²) in [5.74, 6) is -0.465. The third-order valence-electron chi connectivity index (χ3n) is 4.28. The van der Waals surface area contributed by atoms with Gasteiger partial charge in [-0.1, -0.05) is 70.0 Å². The van der Waals surface area contributed by atoms with Gasteiger partial charge >= 0.3 is 5.97 Å². The molecule has 0 heterocycles.